The Morgan fingerprint density at radius 2 is 2.10 bits per heavy atom. The van der Waals surface area contributed by atoms with E-state index in [9.17, 15) is 18.0 Å². The highest BCUT2D eigenvalue weighted by Gasteiger charge is 2.29. The minimum absolute atomic E-state index is 0.335. The predicted octanol–water partition coefficient (Wildman–Crippen LogP) is 2.59. The van der Waals surface area contributed by atoms with Crippen LogP contribution in [0.4, 0.5) is 13.2 Å². The highest BCUT2D eigenvalue weighted by Crippen LogP contribution is 2.25. The van der Waals surface area contributed by atoms with Crippen molar-refractivity contribution in [1.29, 1.82) is 0 Å². The van der Waals surface area contributed by atoms with Crippen molar-refractivity contribution in [3.05, 3.63) is 29.2 Å². The summed E-state index contributed by atoms with van der Waals surface area (Å²) in [6.45, 7) is 1.90. The smallest absolute Gasteiger partial charge is 0.422 e. The fourth-order valence-electron chi connectivity index (χ4n) is 1.74. The molecule has 0 unspecified atom stereocenters. The third-order valence-electron chi connectivity index (χ3n) is 2.82. The molecule has 0 atom stereocenters. The van der Waals surface area contributed by atoms with E-state index in [1.807, 2.05) is 0 Å². The maximum absolute atomic E-state index is 12.2. The van der Waals surface area contributed by atoms with Gasteiger partial charge in [-0.3, -0.25) is 0 Å². The number of alkyl halides is 3. The first-order chi connectivity index (χ1) is 9.19. The molecule has 0 radical (unpaired) electrons. The summed E-state index contributed by atoms with van der Waals surface area (Å²) in [6.07, 6.45) is -3.33. The second-order valence-electron chi connectivity index (χ2n) is 4.27. The summed E-state index contributed by atoms with van der Waals surface area (Å²) in [5.74, 6) is -1.72. The van der Waals surface area contributed by atoms with Crippen LogP contribution in [0.25, 0.3) is 5.65 Å². The average Bonchev–Trinajstić information content (AvgIpc) is 2.60. The van der Waals surface area contributed by atoms with Gasteiger partial charge in [-0.25, -0.2) is 9.78 Å². The van der Waals surface area contributed by atoms with Crippen molar-refractivity contribution in [1.82, 2.24) is 9.38 Å². The summed E-state index contributed by atoms with van der Waals surface area (Å²) in [6, 6.07) is 1.19. The molecule has 0 aliphatic carbocycles. The van der Waals surface area contributed by atoms with E-state index in [1.165, 1.54) is 16.7 Å². The Morgan fingerprint density at radius 3 is 2.65 bits per heavy atom. The molecule has 2 rings (SSSR count). The van der Waals surface area contributed by atoms with E-state index >= 15 is 0 Å². The van der Waals surface area contributed by atoms with E-state index in [1.54, 1.807) is 13.8 Å². The zero-order chi connectivity index (χ0) is 15.1. The van der Waals surface area contributed by atoms with Gasteiger partial charge in [-0.1, -0.05) is 0 Å². The summed E-state index contributed by atoms with van der Waals surface area (Å²) < 4.78 is 42.5. The van der Waals surface area contributed by atoms with Gasteiger partial charge in [-0.05, 0) is 13.8 Å². The van der Waals surface area contributed by atoms with Gasteiger partial charge in [-0.15, -0.1) is 0 Å². The minimum atomic E-state index is -4.54. The van der Waals surface area contributed by atoms with E-state index < -0.39 is 18.8 Å². The Bertz CT molecular complexity index is 677. The van der Waals surface area contributed by atoms with Crippen LogP contribution < -0.4 is 4.74 Å². The minimum Gasteiger partial charge on any atom is -0.483 e. The van der Waals surface area contributed by atoms with Crippen LogP contribution in [0.1, 0.15) is 21.7 Å². The molecule has 0 aliphatic rings. The van der Waals surface area contributed by atoms with E-state index in [0.29, 0.717) is 17.0 Å². The molecule has 0 bridgehead atoms. The number of ether oxygens (including phenoxy) is 1. The fraction of sp³-hybridized carbons (Fsp3) is 0.333. The zero-order valence-corrected chi connectivity index (χ0v) is 10.7. The predicted molar refractivity (Wildman–Crippen MR) is 63.2 cm³/mol. The van der Waals surface area contributed by atoms with Gasteiger partial charge in [-0.2, -0.15) is 13.2 Å². The number of rotatable bonds is 3. The van der Waals surface area contributed by atoms with Crippen LogP contribution >= 0.6 is 0 Å². The van der Waals surface area contributed by atoms with Crippen LogP contribution in [-0.4, -0.2) is 33.2 Å². The number of fused-ring (bicyclic) bond motifs is 1. The summed E-state index contributed by atoms with van der Waals surface area (Å²) in [4.78, 5) is 15.2. The molecule has 0 aliphatic heterocycles. The number of aromatic carboxylic acids is 1. The summed E-state index contributed by atoms with van der Waals surface area (Å²) >= 11 is 0. The third kappa shape index (κ3) is 2.68. The highest BCUT2D eigenvalue weighted by atomic mass is 19.4. The SMILES string of the molecule is Cc1nc2cc(OCC(F)(F)F)c(C(=O)O)cn2c1C. The molecule has 108 valence electrons. The number of aromatic nitrogens is 2. The maximum atomic E-state index is 12.2. The van der Waals surface area contributed by atoms with E-state index in [0.717, 1.165) is 0 Å². The molecule has 0 fully saturated rings. The van der Waals surface area contributed by atoms with Gasteiger partial charge in [0.15, 0.2) is 6.61 Å². The van der Waals surface area contributed by atoms with Gasteiger partial charge in [0.05, 0.1) is 5.69 Å². The topological polar surface area (TPSA) is 63.8 Å². The van der Waals surface area contributed by atoms with Gasteiger partial charge in [0, 0.05) is 18.0 Å². The number of carboxylic acids is 1. The van der Waals surface area contributed by atoms with E-state index in [-0.39, 0.29) is 11.3 Å². The molecular formula is C12H11F3N2O3. The first-order valence-corrected chi connectivity index (χ1v) is 5.61. The molecule has 8 heteroatoms. The number of halogens is 3. The van der Waals surface area contributed by atoms with Crippen molar-refractivity contribution in [2.45, 2.75) is 20.0 Å². The van der Waals surface area contributed by atoms with Crippen molar-refractivity contribution >= 4 is 11.6 Å². The first kappa shape index (κ1) is 14.2. The lowest BCUT2D eigenvalue weighted by Crippen LogP contribution is -2.20. The number of hydrogen-bond donors (Lipinski definition) is 1. The van der Waals surface area contributed by atoms with Crippen LogP contribution in [0.15, 0.2) is 12.3 Å². The molecule has 0 aromatic carbocycles. The number of carbonyl (C=O) groups is 1. The lowest BCUT2D eigenvalue weighted by Gasteiger charge is -2.12. The Kier molecular flexibility index (Phi) is 3.33. The van der Waals surface area contributed by atoms with Crippen molar-refractivity contribution in [3.8, 4) is 5.75 Å². The number of imidazole rings is 1. The van der Waals surface area contributed by atoms with Gasteiger partial charge >= 0.3 is 12.1 Å². The molecule has 0 saturated heterocycles. The summed E-state index contributed by atoms with van der Waals surface area (Å²) in [5, 5.41) is 9.06. The van der Waals surface area contributed by atoms with Crippen LogP contribution in [0, 0.1) is 13.8 Å². The van der Waals surface area contributed by atoms with Crippen LogP contribution in [-0.2, 0) is 0 Å². The van der Waals surface area contributed by atoms with Crippen LogP contribution in [0.5, 0.6) is 5.75 Å². The normalized spacial score (nSPS) is 11.8. The van der Waals surface area contributed by atoms with Crippen molar-refractivity contribution in [2.75, 3.05) is 6.61 Å². The lowest BCUT2D eigenvalue weighted by atomic mass is 10.2. The average molecular weight is 288 g/mol. The molecule has 0 amide bonds. The van der Waals surface area contributed by atoms with Gasteiger partial charge in [0.25, 0.3) is 0 Å². The highest BCUT2D eigenvalue weighted by molar-refractivity contribution is 5.91. The summed E-state index contributed by atoms with van der Waals surface area (Å²) in [5.41, 5.74) is 1.36. The molecule has 20 heavy (non-hydrogen) atoms. The van der Waals surface area contributed by atoms with Crippen LogP contribution in [0.2, 0.25) is 0 Å². The maximum Gasteiger partial charge on any atom is 0.422 e. The zero-order valence-electron chi connectivity index (χ0n) is 10.7. The molecule has 2 aromatic heterocycles. The molecule has 5 nitrogen and oxygen atoms in total. The summed E-state index contributed by atoms with van der Waals surface area (Å²) in [7, 11) is 0. The van der Waals surface area contributed by atoms with Crippen molar-refractivity contribution in [3.63, 3.8) is 0 Å². The van der Waals surface area contributed by atoms with Crippen molar-refractivity contribution < 1.29 is 27.8 Å². The Hall–Kier alpha value is -2.25. The lowest BCUT2D eigenvalue weighted by molar-refractivity contribution is -0.153. The van der Waals surface area contributed by atoms with Gasteiger partial charge in [0.1, 0.15) is 17.0 Å². The second kappa shape index (κ2) is 4.69. The van der Waals surface area contributed by atoms with E-state index in [4.69, 9.17) is 5.11 Å². The number of nitrogens with zero attached hydrogens (tertiary/aromatic N) is 2. The van der Waals surface area contributed by atoms with E-state index in [2.05, 4.69) is 9.72 Å². The molecule has 0 saturated carbocycles. The Balaban J connectivity index is 2.51. The van der Waals surface area contributed by atoms with Crippen molar-refractivity contribution in [2.24, 2.45) is 0 Å². The number of hydrogen-bond acceptors (Lipinski definition) is 3. The standard InChI is InChI=1S/C12H11F3N2O3/c1-6-7(2)17-4-8(11(18)19)9(3-10(17)16-6)20-5-12(13,14)15/h3-4H,5H2,1-2H3,(H,18,19). The largest absolute Gasteiger partial charge is 0.483 e. The number of pyridine rings is 1. The number of carboxylic acid groups (broad SMARTS) is 1. The molecule has 2 aromatic rings. The first-order valence-electron chi connectivity index (χ1n) is 5.61. The monoisotopic (exact) mass is 288 g/mol. The molecule has 0 spiro atoms. The molecule has 2 heterocycles. The van der Waals surface area contributed by atoms with Crippen LogP contribution in [0.3, 0.4) is 0 Å². The second-order valence-corrected chi connectivity index (χ2v) is 4.27. The molecular weight excluding hydrogens is 277 g/mol. The molecule has 1 N–H and O–H groups in total. The Morgan fingerprint density at radius 1 is 1.45 bits per heavy atom. The number of aryl methyl sites for hydroxylation is 2. The quantitative estimate of drug-likeness (QED) is 0.943. The van der Waals surface area contributed by atoms with Gasteiger partial charge in [0.2, 0.25) is 0 Å². The Labute approximate surface area is 111 Å². The fourth-order valence-corrected chi connectivity index (χ4v) is 1.74. The van der Waals surface area contributed by atoms with Gasteiger partial charge < -0.3 is 14.2 Å². The third-order valence-corrected chi connectivity index (χ3v) is 2.82.